The van der Waals surface area contributed by atoms with Crippen LogP contribution >= 0.6 is 0 Å². The van der Waals surface area contributed by atoms with Crippen molar-refractivity contribution in [1.29, 1.82) is 0 Å². The Morgan fingerprint density at radius 2 is 0.667 bits per heavy atom. The van der Waals surface area contributed by atoms with Crippen LogP contribution in [0.1, 0.15) is 109 Å². The van der Waals surface area contributed by atoms with Crippen LogP contribution in [-0.4, -0.2) is 55.0 Å². The molecular formula is C66H78O9. The van der Waals surface area contributed by atoms with E-state index >= 15 is 0 Å². The quantitative estimate of drug-likeness (QED) is 0.0299. The molecule has 7 rings (SSSR count). The van der Waals surface area contributed by atoms with Gasteiger partial charge in [0.2, 0.25) is 0 Å². The molecule has 0 bridgehead atoms. The number of phenols is 3. The average molecular weight is 1020 g/mol. The summed E-state index contributed by atoms with van der Waals surface area (Å²) in [6.45, 7) is 29.3. The van der Waals surface area contributed by atoms with Crippen LogP contribution in [0.5, 0.6) is 34.5 Å². The van der Waals surface area contributed by atoms with Crippen LogP contribution in [-0.2, 0) is 53.3 Å². The maximum atomic E-state index is 11.5. The minimum atomic E-state index is 0.140. The molecule has 9 heteroatoms. The maximum Gasteiger partial charge on any atom is 0.161 e. The van der Waals surface area contributed by atoms with Gasteiger partial charge in [-0.2, -0.15) is 0 Å². The van der Waals surface area contributed by atoms with Crippen molar-refractivity contribution in [2.45, 2.75) is 119 Å². The summed E-state index contributed by atoms with van der Waals surface area (Å²) in [7, 11) is 0. The Kier molecular flexibility index (Phi) is 20.2. The number of rotatable bonds is 30. The topological polar surface area (TPSA) is 116 Å². The molecule has 7 aromatic carbocycles. The van der Waals surface area contributed by atoms with Crippen molar-refractivity contribution in [1.82, 2.24) is 0 Å². The smallest absolute Gasteiger partial charge is 0.161 e. The Morgan fingerprint density at radius 3 is 0.933 bits per heavy atom. The third kappa shape index (κ3) is 13.9. The lowest BCUT2D eigenvalue weighted by atomic mass is 9.89. The monoisotopic (exact) mass is 1010 g/mol. The summed E-state index contributed by atoms with van der Waals surface area (Å²) in [5.74, 6) is 1.86. The number of benzene rings is 7. The summed E-state index contributed by atoms with van der Waals surface area (Å²) in [5, 5.41) is 40.3. The molecule has 9 nitrogen and oxygen atoms in total. The summed E-state index contributed by atoms with van der Waals surface area (Å²) < 4.78 is 37.7. The molecule has 0 aliphatic heterocycles. The van der Waals surface area contributed by atoms with E-state index < -0.39 is 0 Å². The SMILES string of the molecule is C=C(COCc1c(C)c(COCC(=C)Cc2c(O)c(OCCCC)cc3ccccc23)c(C)c(COCC(=C)Cc2c(O)c(OCCCC)cc3ccccc23)c1C)Cc1c(O)c(OCCCC)cc2ccccc12. The molecule has 0 saturated heterocycles. The van der Waals surface area contributed by atoms with E-state index in [1.54, 1.807) is 0 Å². The highest BCUT2D eigenvalue weighted by Gasteiger charge is 2.22. The standard InChI is InChI=1S/C66H78O9/c1-10-13-28-73-61-34-49-22-16-19-25-52(49)55(64(61)67)31-43(4)37-70-40-58-46(7)59(41-71-38-44(5)32-56-53-26-20-17-23-50(53)35-62(65(56)68)74-29-14-11-2)48(9)60(47(58)8)42-72-39-45(6)33-57-54-27-21-18-24-51(54)36-63(66(57)69)75-30-15-12-3/h16-27,34-36,67-69H,4-6,10-15,28-33,37-42H2,1-3,7-9H3. The lowest BCUT2D eigenvalue weighted by Crippen LogP contribution is -2.13. The van der Waals surface area contributed by atoms with Gasteiger partial charge in [-0.1, -0.05) is 133 Å². The van der Waals surface area contributed by atoms with E-state index in [2.05, 4.69) is 61.3 Å². The van der Waals surface area contributed by atoms with Crippen LogP contribution in [0, 0.1) is 20.8 Å². The molecule has 0 spiro atoms. The molecule has 0 fully saturated rings. The van der Waals surface area contributed by atoms with Gasteiger partial charge in [0.05, 0.1) is 59.5 Å². The minimum Gasteiger partial charge on any atom is -0.504 e. The van der Waals surface area contributed by atoms with Crippen molar-refractivity contribution in [2.24, 2.45) is 0 Å². The third-order valence-corrected chi connectivity index (χ3v) is 14.2. The second kappa shape index (κ2) is 27.1. The summed E-state index contributed by atoms with van der Waals surface area (Å²) in [5.41, 5.74) is 11.1. The van der Waals surface area contributed by atoms with Crippen molar-refractivity contribution in [3.8, 4) is 34.5 Å². The lowest BCUT2D eigenvalue weighted by molar-refractivity contribution is 0.131. The summed E-state index contributed by atoms with van der Waals surface area (Å²) >= 11 is 0. The van der Waals surface area contributed by atoms with Gasteiger partial charge in [0.25, 0.3) is 0 Å². The van der Waals surface area contributed by atoms with Crippen molar-refractivity contribution in [3.63, 3.8) is 0 Å². The van der Waals surface area contributed by atoms with E-state index in [0.29, 0.717) is 76.2 Å². The minimum absolute atomic E-state index is 0.140. The predicted molar refractivity (Wildman–Crippen MR) is 306 cm³/mol. The molecule has 0 aromatic heterocycles. The van der Waals surface area contributed by atoms with E-state index in [4.69, 9.17) is 28.4 Å². The first-order valence-electron chi connectivity index (χ1n) is 26.8. The largest absolute Gasteiger partial charge is 0.504 e. The molecule has 0 aliphatic carbocycles. The molecule has 0 unspecified atom stereocenters. The number of hydrogen-bond acceptors (Lipinski definition) is 9. The zero-order valence-corrected chi connectivity index (χ0v) is 45.3. The molecular weight excluding hydrogens is 937 g/mol. The zero-order chi connectivity index (χ0) is 53.4. The second-order valence-electron chi connectivity index (χ2n) is 19.9. The zero-order valence-electron chi connectivity index (χ0n) is 45.3. The van der Waals surface area contributed by atoms with E-state index in [0.717, 1.165) is 138 Å². The highest BCUT2D eigenvalue weighted by Crippen LogP contribution is 2.41. The first kappa shape index (κ1) is 56.0. The fourth-order valence-corrected chi connectivity index (χ4v) is 9.83. The van der Waals surface area contributed by atoms with E-state index in [1.807, 2.05) is 91.0 Å². The van der Waals surface area contributed by atoms with Crippen LogP contribution in [0.4, 0.5) is 0 Å². The highest BCUT2D eigenvalue weighted by molar-refractivity contribution is 5.92. The molecule has 3 N–H and O–H groups in total. The highest BCUT2D eigenvalue weighted by atomic mass is 16.5. The van der Waals surface area contributed by atoms with Gasteiger partial charge in [-0.25, -0.2) is 0 Å². The summed E-state index contributed by atoms with van der Waals surface area (Å²) in [6, 6.07) is 29.8. The number of hydrogen-bond donors (Lipinski definition) is 3. The number of phenolic OH excluding ortho intramolecular Hbond substituents is 3. The maximum absolute atomic E-state index is 11.5. The normalized spacial score (nSPS) is 11.4. The molecule has 0 saturated carbocycles. The van der Waals surface area contributed by atoms with Gasteiger partial charge >= 0.3 is 0 Å². The van der Waals surface area contributed by atoms with Gasteiger partial charge in [0.15, 0.2) is 34.5 Å². The van der Waals surface area contributed by atoms with Gasteiger partial charge in [0.1, 0.15) is 0 Å². The first-order chi connectivity index (χ1) is 36.3. The van der Waals surface area contributed by atoms with Gasteiger partial charge < -0.3 is 43.7 Å². The fourth-order valence-electron chi connectivity index (χ4n) is 9.83. The molecule has 75 heavy (non-hydrogen) atoms. The lowest BCUT2D eigenvalue weighted by Gasteiger charge is -2.23. The Labute approximate surface area is 445 Å². The van der Waals surface area contributed by atoms with Crippen LogP contribution in [0.25, 0.3) is 32.3 Å². The van der Waals surface area contributed by atoms with Crippen molar-refractivity contribution in [2.75, 3.05) is 39.6 Å². The number of aromatic hydroxyl groups is 3. The summed E-state index contributed by atoms with van der Waals surface area (Å²) in [4.78, 5) is 0. The van der Waals surface area contributed by atoms with E-state index in [9.17, 15) is 15.3 Å². The van der Waals surface area contributed by atoms with Crippen molar-refractivity contribution in [3.05, 3.63) is 178 Å². The first-order valence-corrected chi connectivity index (χ1v) is 26.8. The number of ether oxygens (including phenoxy) is 6. The fraction of sp³-hybridized carbons (Fsp3) is 0.364. The number of fused-ring (bicyclic) bond motifs is 3. The van der Waals surface area contributed by atoms with E-state index in [1.165, 1.54) is 0 Å². The molecule has 0 heterocycles. The van der Waals surface area contributed by atoms with Crippen molar-refractivity contribution >= 4 is 32.3 Å². The Hall–Kier alpha value is -6.78. The Morgan fingerprint density at radius 1 is 0.400 bits per heavy atom. The van der Waals surface area contributed by atoms with Gasteiger partial charge in [-0.3, -0.25) is 0 Å². The average Bonchev–Trinajstić information content (AvgIpc) is 3.40. The Bertz CT molecular complexity index is 2780. The molecule has 7 aromatic rings. The molecule has 396 valence electrons. The van der Waals surface area contributed by atoms with Gasteiger partial charge in [-0.15, -0.1) is 0 Å². The summed E-state index contributed by atoms with van der Waals surface area (Å²) in [6.07, 6.45) is 6.93. The van der Waals surface area contributed by atoms with Crippen LogP contribution in [0.15, 0.2) is 127 Å². The molecule has 0 amide bonds. The van der Waals surface area contributed by atoms with Crippen LogP contribution < -0.4 is 14.2 Å². The third-order valence-electron chi connectivity index (χ3n) is 14.2. The predicted octanol–water partition coefficient (Wildman–Crippen LogP) is 15.7. The second-order valence-corrected chi connectivity index (χ2v) is 19.9. The molecule has 0 radical (unpaired) electrons. The van der Waals surface area contributed by atoms with Crippen LogP contribution in [0.3, 0.4) is 0 Å². The van der Waals surface area contributed by atoms with Gasteiger partial charge in [0, 0.05) is 16.7 Å². The van der Waals surface area contributed by atoms with Crippen molar-refractivity contribution < 1.29 is 43.7 Å². The van der Waals surface area contributed by atoms with Gasteiger partial charge in [-0.05, 0) is 160 Å². The van der Waals surface area contributed by atoms with E-state index in [-0.39, 0.29) is 37.1 Å². The molecule has 0 atom stereocenters. The Balaban J connectivity index is 1.10. The molecule has 0 aliphatic rings. The van der Waals surface area contributed by atoms with Crippen LogP contribution in [0.2, 0.25) is 0 Å². The number of unbranched alkanes of at least 4 members (excludes halogenated alkanes) is 3.